The Morgan fingerprint density at radius 2 is 2.08 bits per heavy atom. The summed E-state index contributed by atoms with van der Waals surface area (Å²) in [5.74, 6) is -1.07. The predicted molar refractivity (Wildman–Crippen MR) is 93.4 cm³/mol. The molecule has 7 heteroatoms. The van der Waals surface area contributed by atoms with Crippen LogP contribution in [0.1, 0.15) is 17.5 Å². The zero-order valence-electron chi connectivity index (χ0n) is 14.3. The number of nitriles is 1. The Morgan fingerprint density at radius 3 is 2.81 bits per heavy atom. The van der Waals surface area contributed by atoms with E-state index in [1.165, 1.54) is 6.07 Å². The van der Waals surface area contributed by atoms with Gasteiger partial charge in [-0.2, -0.15) is 5.26 Å². The minimum atomic E-state index is -0.857. The lowest BCUT2D eigenvalue weighted by Gasteiger charge is -2.42. The maximum absolute atomic E-state index is 13.5. The van der Waals surface area contributed by atoms with E-state index in [2.05, 4.69) is 16.0 Å². The molecule has 2 aromatic rings. The molecule has 1 N–H and O–H groups in total. The van der Waals surface area contributed by atoms with E-state index in [1.807, 2.05) is 4.90 Å². The SMILES string of the molecule is N#Cc1cccnc1N1CCN(Cc2ccc(F)c(F)c2)[C@@H](CCO)C1. The van der Waals surface area contributed by atoms with Crippen LogP contribution in [0.5, 0.6) is 0 Å². The number of aliphatic hydroxyl groups is 1. The van der Waals surface area contributed by atoms with E-state index in [0.717, 1.165) is 6.07 Å². The zero-order valence-corrected chi connectivity index (χ0v) is 14.3. The smallest absolute Gasteiger partial charge is 0.159 e. The lowest BCUT2D eigenvalue weighted by molar-refractivity contribution is 0.135. The molecule has 1 aromatic carbocycles. The summed E-state index contributed by atoms with van der Waals surface area (Å²) < 4.78 is 26.6. The number of rotatable bonds is 5. The molecule has 0 aliphatic carbocycles. The van der Waals surface area contributed by atoms with Crippen molar-refractivity contribution in [2.24, 2.45) is 0 Å². The van der Waals surface area contributed by atoms with Crippen molar-refractivity contribution in [2.75, 3.05) is 31.1 Å². The molecule has 1 aliphatic heterocycles. The third kappa shape index (κ3) is 3.98. The fourth-order valence-corrected chi connectivity index (χ4v) is 3.33. The van der Waals surface area contributed by atoms with Crippen molar-refractivity contribution in [1.82, 2.24) is 9.88 Å². The highest BCUT2D eigenvalue weighted by Gasteiger charge is 2.28. The van der Waals surface area contributed by atoms with E-state index >= 15 is 0 Å². The van der Waals surface area contributed by atoms with Gasteiger partial charge in [0.05, 0.1) is 5.56 Å². The van der Waals surface area contributed by atoms with Crippen LogP contribution in [0, 0.1) is 23.0 Å². The second-order valence-corrected chi connectivity index (χ2v) is 6.32. The van der Waals surface area contributed by atoms with Crippen LogP contribution in [0.2, 0.25) is 0 Å². The Labute approximate surface area is 151 Å². The molecule has 0 radical (unpaired) electrons. The summed E-state index contributed by atoms with van der Waals surface area (Å²) in [7, 11) is 0. The average Bonchev–Trinajstić information content (AvgIpc) is 2.66. The Hall–Kier alpha value is -2.56. The fraction of sp³-hybridized carbons (Fsp3) is 0.368. The summed E-state index contributed by atoms with van der Waals surface area (Å²) >= 11 is 0. The van der Waals surface area contributed by atoms with Crippen molar-refractivity contribution in [2.45, 2.75) is 19.0 Å². The Bertz CT molecular complexity index is 808. The molecule has 1 aliphatic rings. The van der Waals surface area contributed by atoms with Crippen LogP contribution in [0.15, 0.2) is 36.5 Å². The molecule has 0 saturated carbocycles. The molecule has 1 saturated heterocycles. The number of nitrogens with zero attached hydrogens (tertiary/aromatic N) is 4. The third-order valence-electron chi connectivity index (χ3n) is 4.64. The summed E-state index contributed by atoms with van der Waals surface area (Å²) in [6.07, 6.45) is 2.21. The molecule has 0 spiro atoms. The molecule has 0 bridgehead atoms. The lowest BCUT2D eigenvalue weighted by Crippen LogP contribution is -2.53. The van der Waals surface area contributed by atoms with Crippen LogP contribution in [-0.4, -0.2) is 47.3 Å². The van der Waals surface area contributed by atoms with Crippen LogP contribution in [0.25, 0.3) is 0 Å². The third-order valence-corrected chi connectivity index (χ3v) is 4.64. The van der Waals surface area contributed by atoms with Gasteiger partial charge in [-0.15, -0.1) is 0 Å². The van der Waals surface area contributed by atoms with E-state index in [-0.39, 0.29) is 12.6 Å². The van der Waals surface area contributed by atoms with Crippen molar-refractivity contribution in [3.63, 3.8) is 0 Å². The number of anilines is 1. The van der Waals surface area contributed by atoms with Gasteiger partial charge < -0.3 is 10.0 Å². The first-order chi connectivity index (χ1) is 12.6. The molecule has 26 heavy (non-hydrogen) atoms. The van der Waals surface area contributed by atoms with E-state index in [9.17, 15) is 19.1 Å². The van der Waals surface area contributed by atoms with Crippen LogP contribution in [-0.2, 0) is 6.54 Å². The second-order valence-electron chi connectivity index (χ2n) is 6.32. The van der Waals surface area contributed by atoms with Gasteiger partial charge in [0.1, 0.15) is 11.9 Å². The number of pyridine rings is 1. The number of hydrogen-bond donors (Lipinski definition) is 1. The van der Waals surface area contributed by atoms with Gasteiger partial charge in [-0.25, -0.2) is 13.8 Å². The monoisotopic (exact) mass is 358 g/mol. The van der Waals surface area contributed by atoms with Gasteiger partial charge in [-0.1, -0.05) is 6.07 Å². The van der Waals surface area contributed by atoms with Crippen molar-refractivity contribution in [3.8, 4) is 6.07 Å². The molecule has 1 fully saturated rings. The first-order valence-corrected chi connectivity index (χ1v) is 8.51. The van der Waals surface area contributed by atoms with Gasteiger partial charge in [-0.3, -0.25) is 4.90 Å². The van der Waals surface area contributed by atoms with Crippen LogP contribution in [0.4, 0.5) is 14.6 Å². The molecule has 3 rings (SSSR count). The van der Waals surface area contributed by atoms with Gasteiger partial charge in [0.2, 0.25) is 0 Å². The normalized spacial score (nSPS) is 17.9. The number of benzene rings is 1. The summed E-state index contributed by atoms with van der Waals surface area (Å²) in [5.41, 5.74) is 1.21. The Kier molecular flexibility index (Phi) is 5.76. The largest absolute Gasteiger partial charge is 0.396 e. The van der Waals surface area contributed by atoms with Crippen molar-refractivity contribution < 1.29 is 13.9 Å². The quantitative estimate of drug-likeness (QED) is 0.889. The molecule has 0 amide bonds. The van der Waals surface area contributed by atoms with Gasteiger partial charge in [-0.05, 0) is 36.2 Å². The Balaban J connectivity index is 1.75. The molecule has 5 nitrogen and oxygen atoms in total. The minimum absolute atomic E-state index is 0.0235. The number of aromatic nitrogens is 1. The molecule has 0 unspecified atom stereocenters. The number of halogens is 2. The first kappa shape index (κ1) is 18.2. The van der Waals surface area contributed by atoms with E-state index in [0.29, 0.717) is 49.5 Å². The number of piperazine rings is 1. The van der Waals surface area contributed by atoms with Gasteiger partial charge in [0.25, 0.3) is 0 Å². The lowest BCUT2D eigenvalue weighted by atomic mass is 10.1. The highest BCUT2D eigenvalue weighted by atomic mass is 19.2. The number of hydrogen-bond acceptors (Lipinski definition) is 5. The predicted octanol–water partition coefficient (Wildman–Crippen LogP) is 2.30. The van der Waals surface area contributed by atoms with E-state index < -0.39 is 11.6 Å². The maximum Gasteiger partial charge on any atom is 0.159 e. The zero-order chi connectivity index (χ0) is 18.5. The molecular formula is C19H20F2N4O. The summed E-state index contributed by atoms with van der Waals surface area (Å²) in [6.45, 7) is 2.45. The summed E-state index contributed by atoms with van der Waals surface area (Å²) in [4.78, 5) is 8.52. The standard InChI is InChI=1S/C19H20F2N4O/c20-17-4-3-14(10-18(17)21)12-24-7-8-25(13-16(24)5-9-26)19-15(11-22)2-1-6-23-19/h1-4,6,10,16,26H,5,7-9,12-13H2/t16-/m0/s1. The van der Waals surface area contributed by atoms with Gasteiger partial charge in [0.15, 0.2) is 11.6 Å². The molecule has 1 atom stereocenters. The number of aliphatic hydroxyl groups excluding tert-OH is 1. The Morgan fingerprint density at radius 1 is 1.23 bits per heavy atom. The van der Waals surface area contributed by atoms with E-state index in [4.69, 9.17) is 0 Å². The van der Waals surface area contributed by atoms with Crippen LogP contribution in [0.3, 0.4) is 0 Å². The molecule has 1 aromatic heterocycles. The summed E-state index contributed by atoms with van der Waals surface area (Å²) in [6, 6.07) is 9.57. The first-order valence-electron chi connectivity index (χ1n) is 8.51. The molecule has 2 heterocycles. The van der Waals surface area contributed by atoms with E-state index in [1.54, 1.807) is 24.4 Å². The van der Waals surface area contributed by atoms with Crippen molar-refractivity contribution >= 4 is 5.82 Å². The maximum atomic E-state index is 13.5. The second kappa shape index (κ2) is 8.21. The van der Waals surface area contributed by atoms with Crippen LogP contribution >= 0.6 is 0 Å². The fourth-order valence-electron chi connectivity index (χ4n) is 3.33. The molecule has 136 valence electrons. The van der Waals surface area contributed by atoms with Gasteiger partial charge in [0, 0.05) is 45.0 Å². The highest BCUT2D eigenvalue weighted by molar-refractivity contribution is 5.53. The summed E-state index contributed by atoms with van der Waals surface area (Å²) in [5, 5.41) is 18.7. The minimum Gasteiger partial charge on any atom is -0.396 e. The molecular weight excluding hydrogens is 338 g/mol. The topological polar surface area (TPSA) is 63.4 Å². The van der Waals surface area contributed by atoms with Crippen molar-refractivity contribution in [1.29, 1.82) is 5.26 Å². The highest BCUT2D eigenvalue weighted by Crippen LogP contribution is 2.23. The van der Waals surface area contributed by atoms with Crippen LogP contribution < -0.4 is 4.90 Å². The van der Waals surface area contributed by atoms with Crippen molar-refractivity contribution in [3.05, 3.63) is 59.3 Å². The van der Waals surface area contributed by atoms with Gasteiger partial charge >= 0.3 is 0 Å². The average molecular weight is 358 g/mol.